The first kappa shape index (κ1) is 22.2. The summed E-state index contributed by atoms with van der Waals surface area (Å²) in [5, 5.41) is 30.5. The van der Waals surface area contributed by atoms with Crippen LogP contribution in [-0.2, 0) is 4.79 Å². The Hall–Kier alpha value is -4.48. The van der Waals surface area contributed by atoms with Crippen LogP contribution in [0.1, 0.15) is 16.8 Å². The fraction of sp³-hybridized carbons (Fsp3) is 0.200. The molecule has 1 amide bonds. The van der Waals surface area contributed by atoms with Crippen molar-refractivity contribution in [3.63, 3.8) is 0 Å². The Labute approximate surface area is 181 Å². The van der Waals surface area contributed by atoms with Crippen molar-refractivity contribution in [2.75, 3.05) is 13.7 Å². The molecule has 1 heterocycles. The average molecular weight is 441 g/mol. The van der Waals surface area contributed by atoms with E-state index in [1.165, 1.54) is 26.3 Å². The monoisotopic (exact) mass is 441 g/mol. The maximum atomic E-state index is 12.1. The number of carbonyl (C=O) groups excluding carboxylic acids is 1. The van der Waals surface area contributed by atoms with Gasteiger partial charge in [-0.1, -0.05) is 24.3 Å². The van der Waals surface area contributed by atoms with Crippen LogP contribution in [0.2, 0.25) is 0 Å². The van der Waals surface area contributed by atoms with Crippen molar-refractivity contribution < 1.29 is 28.7 Å². The normalized spacial score (nSPS) is 10.8. The maximum absolute atomic E-state index is 12.1. The highest BCUT2D eigenvalue weighted by atomic mass is 16.8. The fourth-order valence-electron chi connectivity index (χ4n) is 2.78. The second-order valence-corrected chi connectivity index (χ2v) is 6.58. The second-order valence-electron chi connectivity index (χ2n) is 6.58. The van der Waals surface area contributed by atoms with Crippen LogP contribution in [0.15, 0.2) is 46.1 Å². The summed E-state index contributed by atoms with van der Waals surface area (Å²) in [6.07, 6.45) is 1.50. The number of nitrogens with one attached hydrogen (secondary N) is 1. The maximum Gasteiger partial charge on any atom is 0.285 e. The predicted octanol–water partition coefficient (Wildman–Crippen LogP) is 2.04. The third-order valence-corrected chi connectivity index (χ3v) is 4.50. The van der Waals surface area contributed by atoms with Gasteiger partial charge >= 0.3 is 0 Å². The minimum atomic E-state index is -0.669. The molecule has 0 aliphatic rings. The predicted molar refractivity (Wildman–Crippen MR) is 111 cm³/mol. The minimum Gasteiger partial charge on any atom is -0.493 e. The molecule has 0 bridgehead atoms. The highest BCUT2D eigenvalue weighted by Crippen LogP contribution is 2.39. The Morgan fingerprint density at radius 2 is 2.06 bits per heavy atom. The molecule has 0 fully saturated rings. The molecule has 0 unspecified atom stereocenters. The van der Waals surface area contributed by atoms with Crippen molar-refractivity contribution in [2.45, 2.75) is 13.8 Å². The zero-order valence-electron chi connectivity index (χ0n) is 17.4. The van der Waals surface area contributed by atoms with Crippen LogP contribution >= 0.6 is 0 Å². The van der Waals surface area contributed by atoms with Crippen LogP contribution in [-0.4, -0.2) is 35.9 Å². The van der Waals surface area contributed by atoms with Gasteiger partial charge in [-0.2, -0.15) is 5.10 Å². The number of nitro benzene ring substituents is 1. The van der Waals surface area contributed by atoms with Crippen LogP contribution in [0.3, 0.4) is 0 Å². The molecule has 32 heavy (non-hydrogen) atoms. The van der Waals surface area contributed by atoms with E-state index in [-0.39, 0.29) is 33.4 Å². The third-order valence-electron chi connectivity index (χ3n) is 4.50. The first-order chi connectivity index (χ1) is 15.3. The molecule has 0 spiro atoms. The summed E-state index contributed by atoms with van der Waals surface area (Å²) in [4.78, 5) is 23.1. The molecule has 1 N–H and O–H groups in total. The smallest absolute Gasteiger partial charge is 0.285 e. The summed E-state index contributed by atoms with van der Waals surface area (Å²) in [7, 11) is 1.33. The molecule has 12 nitrogen and oxygen atoms in total. The number of nitrogens with zero attached hydrogens (tertiary/aromatic N) is 4. The number of ether oxygens (including phenoxy) is 2. The van der Waals surface area contributed by atoms with Gasteiger partial charge in [0.25, 0.3) is 17.3 Å². The van der Waals surface area contributed by atoms with E-state index in [1.807, 2.05) is 31.2 Å². The number of carbonyl (C=O) groups is 1. The molecule has 2 aromatic carbocycles. The Kier molecular flexibility index (Phi) is 6.63. The number of aromatic nitrogens is 2. The number of methoxy groups -OCH3 is 1. The molecule has 3 rings (SSSR count). The van der Waals surface area contributed by atoms with Crippen LogP contribution in [0.4, 0.5) is 5.69 Å². The van der Waals surface area contributed by atoms with E-state index >= 15 is 0 Å². The van der Waals surface area contributed by atoms with E-state index in [0.29, 0.717) is 0 Å². The van der Waals surface area contributed by atoms with Gasteiger partial charge in [-0.15, -0.1) is 0 Å². The molecular weight excluding hydrogens is 422 g/mol. The Morgan fingerprint density at radius 1 is 1.31 bits per heavy atom. The van der Waals surface area contributed by atoms with E-state index in [1.54, 1.807) is 0 Å². The molecule has 12 heteroatoms. The zero-order valence-corrected chi connectivity index (χ0v) is 17.4. The molecule has 1 aromatic heterocycles. The molecule has 0 atom stereocenters. The SMILES string of the molecule is COc1cc(-c2no[n+]([O-])c2C)c([N+](=O)[O-])cc1OCC(=O)N/N=C/c1ccccc1C. The zero-order chi connectivity index (χ0) is 23.3. The largest absolute Gasteiger partial charge is 0.493 e. The number of hydrazone groups is 1. The molecular formula is C20H19N5O7. The summed E-state index contributed by atoms with van der Waals surface area (Å²) in [6.45, 7) is 2.84. The van der Waals surface area contributed by atoms with Crippen LogP contribution < -0.4 is 19.8 Å². The van der Waals surface area contributed by atoms with Gasteiger partial charge in [0.2, 0.25) is 5.69 Å². The molecule has 0 aliphatic carbocycles. The van der Waals surface area contributed by atoms with Gasteiger partial charge in [0.05, 0.1) is 24.3 Å². The number of nitro groups is 1. The van der Waals surface area contributed by atoms with Gasteiger partial charge in [-0.05, 0) is 23.0 Å². The summed E-state index contributed by atoms with van der Waals surface area (Å²) in [5.74, 6) is -0.526. The van der Waals surface area contributed by atoms with Gasteiger partial charge in [0.1, 0.15) is 5.56 Å². The Morgan fingerprint density at radius 3 is 2.69 bits per heavy atom. The van der Waals surface area contributed by atoms with Gasteiger partial charge in [-0.25, -0.2) is 5.43 Å². The van der Waals surface area contributed by atoms with E-state index in [9.17, 15) is 20.1 Å². The van der Waals surface area contributed by atoms with E-state index in [4.69, 9.17) is 9.47 Å². The highest BCUT2D eigenvalue weighted by Gasteiger charge is 2.29. The van der Waals surface area contributed by atoms with Crippen LogP contribution in [0, 0.1) is 29.2 Å². The fourth-order valence-corrected chi connectivity index (χ4v) is 2.78. The Bertz CT molecular complexity index is 1190. The number of amides is 1. The molecule has 0 saturated carbocycles. The van der Waals surface area contributed by atoms with Gasteiger partial charge in [0, 0.05) is 18.1 Å². The van der Waals surface area contributed by atoms with Crippen molar-refractivity contribution in [3.05, 3.63) is 68.5 Å². The summed E-state index contributed by atoms with van der Waals surface area (Å²) >= 11 is 0. The lowest BCUT2D eigenvalue weighted by Crippen LogP contribution is -2.25. The quantitative estimate of drug-likeness (QED) is 0.241. The van der Waals surface area contributed by atoms with E-state index < -0.39 is 23.1 Å². The van der Waals surface area contributed by atoms with Crippen molar-refractivity contribution in [1.29, 1.82) is 0 Å². The first-order valence-corrected chi connectivity index (χ1v) is 9.25. The van der Waals surface area contributed by atoms with Crippen molar-refractivity contribution >= 4 is 17.8 Å². The average Bonchev–Trinajstić information content (AvgIpc) is 3.11. The lowest BCUT2D eigenvalue weighted by atomic mass is 10.1. The van der Waals surface area contributed by atoms with Gasteiger partial charge in [0.15, 0.2) is 18.1 Å². The van der Waals surface area contributed by atoms with Crippen LogP contribution in [0.5, 0.6) is 11.5 Å². The number of benzene rings is 2. The number of rotatable bonds is 8. The number of aryl methyl sites for hydroxylation is 1. The highest BCUT2D eigenvalue weighted by molar-refractivity contribution is 5.84. The van der Waals surface area contributed by atoms with Crippen molar-refractivity contribution in [2.24, 2.45) is 5.10 Å². The summed E-state index contributed by atoms with van der Waals surface area (Å²) in [5.41, 5.74) is 3.77. The molecule has 0 saturated heterocycles. The van der Waals surface area contributed by atoms with E-state index in [0.717, 1.165) is 17.2 Å². The topological polar surface area (TPSA) is 156 Å². The molecule has 166 valence electrons. The van der Waals surface area contributed by atoms with Crippen molar-refractivity contribution in [1.82, 2.24) is 10.6 Å². The third kappa shape index (κ3) is 4.80. The standard InChI is InChI=1S/C20H19N5O7/c1-12-6-4-5-7-14(12)10-21-22-19(26)11-31-18-9-16(24(27)28)15(8-17(18)30-3)20-13(2)25(29)32-23-20/h4-10H,11H2,1-3H3,(H,22,26)/b21-10+. The Balaban J connectivity index is 1.77. The summed E-state index contributed by atoms with van der Waals surface area (Å²) in [6, 6.07) is 9.86. The lowest BCUT2D eigenvalue weighted by Gasteiger charge is -2.11. The summed E-state index contributed by atoms with van der Waals surface area (Å²) < 4.78 is 15.1. The molecule has 0 aliphatic heterocycles. The number of hydrogen-bond acceptors (Lipinski definition) is 9. The van der Waals surface area contributed by atoms with Gasteiger partial charge < -0.3 is 14.7 Å². The van der Waals surface area contributed by atoms with Crippen LogP contribution in [0.25, 0.3) is 11.3 Å². The van der Waals surface area contributed by atoms with Crippen molar-refractivity contribution in [3.8, 4) is 22.8 Å². The minimum absolute atomic E-state index is 0.00216. The van der Waals surface area contributed by atoms with E-state index in [2.05, 4.69) is 20.3 Å². The molecule has 3 aromatic rings. The lowest BCUT2D eigenvalue weighted by molar-refractivity contribution is -0.806. The van der Waals surface area contributed by atoms with Gasteiger partial charge in [-0.3, -0.25) is 19.5 Å². The second kappa shape index (κ2) is 9.55. The number of hydrogen-bond donors (Lipinski definition) is 1. The molecule has 0 radical (unpaired) electrons. The first-order valence-electron chi connectivity index (χ1n) is 9.25.